The van der Waals surface area contributed by atoms with Crippen molar-refractivity contribution in [3.63, 3.8) is 0 Å². The summed E-state index contributed by atoms with van der Waals surface area (Å²) in [5, 5.41) is 0.282. The summed E-state index contributed by atoms with van der Waals surface area (Å²) >= 11 is 6.30. The molecule has 3 aromatic rings. The molecule has 0 aliphatic rings. The van der Waals surface area contributed by atoms with Crippen molar-refractivity contribution in [3.05, 3.63) is 59.1 Å². The molecule has 0 atom stereocenters. The van der Waals surface area contributed by atoms with Crippen molar-refractivity contribution in [2.75, 3.05) is 4.90 Å². The Morgan fingerprint density at radius 1 is 1.25 bits per heavy atom. The minimum absolute atomic E-state index is 0.241. The summed E-state index contributed by atoms with van der Waals surface area (Å²) in [6, 6.07) is 9.68. The van der Waals surface area contributed by atoms with E-state index in [2.05, 4.69) is 23.8 Å². The normalized spacial score (nSPS) is 11.8. The highest BCUT2D eigenvalue weighted by Gasteiger charge is 2.28. The van der Waals surface area contributed by atoms with E-state index < -0.39 is 11.7 Å². The Kier molecular flexibility index (Phi) is 5.61. The molecule has 0 aliphatic carbocycles. The topological polar surface area (TPSA) is 59.7 Å². The van der Waals surface area contributed by atoms with Gasteiger partial charge in [-0.3, -0.25) is 9.30 Å². The SMILES string of the molecule is CC(C)c1cnc2c(N(Cc3ccccc3)C(=O)OC(C)(C)C)nc(Cl)cn12. The summed E-state index contributed by atoms with van der Waals surface area (Å²) in [4.78, 5) is 23.5. The van der Waals surface area contributed by atoms with E-state index in [9.17, 15) is 4.79 Å². The van der Waals surface area contributed by atoms with Crippen molar-refractivity contribution in [2.24, 2.45) is 0 Å². The molecule has 6 nitrogen and oxygen atoms in total. The van der Waals surface area contributed by atoms with Gasteiger partial charge in [0.1, 0.15) is 10.8 Å². The van der Waals surface area contributed by atoms with E-state index in [0.717, 1.165) is 11.3 Å². The Morgan fingerprint density at radius 2 is 1.93 bits per heavy atom. The quantitative estimate of drug-likeness (QED) is 0.584. The maximum absolute atomic E-state index is 13.0. The molecule has 3 rings (SSSR count). The zero-order valence-electron chi connectivity index (χ0n) is 16.8. The number of benzene rings is 1. The number of anilines is 1. The summed E-state index contributed by atoms with van der Waals surface area (Å²) in [5.74, 6) is 0.614. The third-order valence-electron chi connectivity index (χ3n) is 4.12. The van der Waals surface area contributed by atoms with Crippen LogP contribution < -0.4 is 4.90 Å². The fourth-order valence-electron chi connectivity index (χ4n) is 2.88. The molecule has 1 aromatic carbocycles. The molecule has 1 amide bonds. The second kappa shape index (κ2) is 7.80. The molecule has 28 heavy (non-hydrogen) atoms. The zero-order chi connectivity index (χ0) is 20.5. The van der Waals surface area contributed by atoms with Gasteiger partial charge in [0.15, 0.2) is 11.5 Å². The van der Waals surface area contributed by atoms with Gasteiger partial charge >= 0.3 is 6.09 Å². The first kappa shape index (κ1) is 20.1. The first-order valence-electron chi connectivity index (χ1n) is 9.23. The second-order valence-corrected chi connectivity index (χ2v) is 8.36. The molecule has 0 saturated heterocycles. The predicted octanol–water partition coefficient (Wildman–Crippen LogP) is 5.45. The van der Waals surface area contributed by atoms with E-state index in [1.165, 1.54) is 4.90 Å². The minimum atomic E-state index is -0.639. The van der Waals surface area contributed by atoms with E-state index >= 15 is 0 Å². The number of aromatic nitrogens is 3. The largest absolute Gasteiger partial charge is 0.443 e. The van der Waals surface area contributed by atoms with Crippen LogP contribution in [-0.2, 0) is 11.3 Å². The van der Waals surface area contributed by atoms with E-state index in [4.69, 9.17) is 16.3 Å². The van der Waals surface area contributed by atoms with Crippen LogP contribution in [0.5, 0.6) is 0 Å². The number of hydrogen-bond acceptors (Lipinski definition) is 4. The molecular weight excluding hydrogens is 376 g/mol. The Morgan fingerprint density at radius 3 is 2.54 bits per heavy atom. The molecule has 0 radical (unpaired) electrons. The zero-order valence-corrected chi connectivity index (χ0v) is 17.6. The van der Waals surface area contributed by atoms with E-state index in [1.807, 2.05) is 55.5 Å². The number of nitrogens with zero attached hydrogens (tertiary/aromatic N) is 4. The van der Waals surface area contributed by atoms with Crippen LogP contribution in [0.4, 0.5) is 10.6 Å². The maximum atomic E-state index is 13.0. The summed E-state index contributed by atoms with van der Waals surface area (Å²) < 4.78 is 7.52. The van der Waals surface area contributed by atoms with E-state index in [1.54, 1.807) is 12.4 Å². The summed E-state index contributed by atoms with van der Waals surface area (Å²) in [6.45, 7) is 9.94. The first-order chi connectivity index (χ1) is 13.2. The smallest absolute Gasteiger partial charge is 0.416 e. The molecule has 7 heteroatoms. The lowest BCUT2D eigenvalue weighted by Crippen LogP contribution is -2.37. The number of hydrogen-bond donors (Lipinski definition) is 0. The molecule has 0 unspecified atom stereocenters. The van der Waals surface area contributed by atoms with E-state index in [-0.39, 0.29) is 11.1 Å². The highest BCUT2D eigenvalue weighted by atomic mass is 35.5. The van der Waals surface area contributed by atoms with Crippen LogP contribution in [0.3, 0.4) is 0 Å². The second-order valence-electron chi connectivity index (χ2n) is 7.97. The lowest BCUT2D eigenvalue weighted by Gasteiger charge is -2.27. The molecule has 0 fully saturated rings. The molecule has 0 aliphatic heterocycles. The summed E-state index contributed by atoms with van der Waals surface area (Å²) in [5.41, 5.74) is 1.86. The van der Waals surface area contributed by atoms with Crippen LogP contribution in [0.2, 0.25) is 5.15 Å². The predicted molar refractivity (Wildman–Crippen MR) is 111 cm³/mol. The number of carbonyl (C=O) groups is 1. The minimum Gasteiger partial charge on any atom is -0.443 e. The van der Waals surface area contributed by atoms with Crippen molar-refractivity contribution in [2.45, 2.75) is 52.7 Å². The number of imidazole rings is 1. The molecule has 2 heterocycles. The van der Waals surface area contributed by atoms with Crippen molar-refractivity contribution in [3.8, 4) is 0 Å². The fraction of sp³-hybridized carbons (Fsp3) is 0.381. The molecule has 2 aromatic heterocycles. The summed E-state index contributed by atoms with van der Waals surface area (Å²) in [7, 11) is 0. The lowest BCUT2D eigenvalue weighted by molar-refractivity contribution is 0.0576. The van der Waals surface area contributed by atoms with Crippen LogP contribution in [0, 0.1) is 0 Å². The highest BCUT2D eigenvalue weighted by Crippen LogP contribution is 2.28. The average Bonchev–Trinajstić information content (AvgIpc) is 3.02. The van der Waals surface area contributed by atoms with Crippen LogP contribution in [0.1, 0.15) is 51.8 Å². The number of amides is 1. The number of ether oxygens (including phenoxy) is 1. The lowest BCUT2D eigenvalue weighted by atomic mass is 10.1. The molecule has 0 spiro atoms. The molecule has 0 bridgehead atoms. The van der Waals surface area contributed by atoms with Gasteiger partial charge in [-0.15, -0.1) is 0 Å². The monoisotopic (exact) mass is 400 g/mol. The van der Waals surface area contributed by atoms with Gasteiger partial charge in [0.25, 0.3) is 0 Å². The van der Waals surface area contributed by atoms with Gasteiger partial charge < -0.3 is 4.74 Å². The van der Waals surface area contributed by atoms with Crippen LogP contribution >= 0.6 is 11.6 Å². The Balaban J connectivity index is 2.13. The molecule has 0 saturated carbocycles. The van der Waals surface area contributed by atoms with Gasteiger partial charge in [0.05, 0.1) is 6.54 Å². The number of rotatable bonds is 4. The third-order valence-corrected chi connectivity index (χ3v) is 4.30. The fourth-order valence-corrected chi connectivity index (χ4v) is 3.06. The van der Waals surface area contributed by atoms with Crippen molar-refractivity contribution in [1.29, 1.82) is 0 Å². The van der Waals surface area contributed by atoms with Gasteiger partial charge in [-0.05, 0) is 32.3 Å². The Bertz CT molecular complexity index is 977. The van der Waals surface area contributed by atoms with Crippen molar-refractivity contribution < 1.29 is 9.53 Å². The first-order valence-corrected chi connectivity index (χ1v) is 9.61. The third kappa shape index (κ3) is 4.44. The number of fused-ring (bicyclic) bond motifs is 1. The molecule has 0 N–H and O–H groups in total. The van der Waals surface area contributed by atoms with Crippen LogP contribution in [0.25, 0.3) is 5.65 Å². The Hall–Kier alpha value is -2.60. The van der Waals surface area contributed by atoms with Gasteiger partial charge in [-0.25, -0.2) is 14.8 Å². The Labute approximate surface area is 170 Å². The van der Waals surface area contributed by atoms with E-state index in [0.29, 0.717) is 18.0 Å². The maximum Gasteiger partial charge on any atom is 0.416 e. The van der Waals surface area contributed by atoms with Gasteiger partial charge in [-0.1, -0.05) is 55.8 Å². The van der Waals surface area contributed by atoms with Crippen LogP contribution in [0.15, 0.2) is 42.7 Å². The standard InChI is InChI=1S/C21H25ClN4O2/c1-14(2)16-11-23-18-19(24-17(22)13-25(16)18)26(20(27)28-21(3,4)5)12-15-9-7-6-8-10-15/h6-11,13-14H,12H2,1-5H3. The van der Waals surface area contributed by atoms with Gasteiger partial charge in [-0.2, -0.15) is 0 Å². The average molecular weight is 401 g/mol. The molecular formula is C21H25ClN4O2. The van der Waals surface area contributed by atoms with Crippen molar-refractivity contribution >= 4 is 29.2 Å². The number of carbonyl (C=O) groups excluding carboxylic acids is 1. The summed E-state index contributed by atoms with van der Waals surface area (Å²) in [6.07, 6.45) is 3.01. The molecule has 148 valence electrons. The van der Waals surface area contributed by atoms with Crippen LogP contribution in [-0.4, -0.2) is 26.1 Å². The highest BCUT2D eigenvalue weighted by molar-refractivity contribution is 6.29. The van der Waals surface area contributed by atoms with Gasteiger partial charge in [0, 0.05) is 18.1 Å². The van der Waals surface area contributed by atoms with Crippen molar-refractivity contribution in [1.82, 2.24) is 14.4 Å². The van der Waals surface area contributed by atoms with Gasteiger partial charge in [0.2, 0.25) is 0 Å². The number of halogens is 1.